The van der Waals surface area contributed by atoms with Gasteiger partial charge in [-0.3, -0.25) is 4.57 Å². The van der Waals surface area contributed by atoms with E-state index in [0.717, 1.165) is 32.9 Å². The van der Waals surface area contributed by atoms with Crippen molar-refractivity contribution in [3.8, 4) is 73.2 Å². The van der Waals surface area contributed by atoms with Crippen LogP contribution in [0.4, 0.5) is 0 Å². The van der Waals surface area contributed by atoms with E-state index in [-0.39, 0.29) is 93.3 Å². The summed E-state index contributed by atoms with van der Waals surface area (Å²) < 4.78 is 142. The number of pyridine rings is 1. The molecule has 0 bridgehead atoms. The number of aromatic nitrogens is 4. The summed E-state index contributed by atoms with van der Waals surface area (Å²) in [5.41, 5.74) is 3.01. The summed E-state index contributed by atoms with van der Waals surface area (Å²) in [5.74, 6) is 1.30. The summed E-state index contributed by atoms with van der Waals surface area (Å²) in [6.45, 7) is 12.8. The standard InChI is InChI=1S/C68H60N4O.Pt/c1-42-20-18-21-43(2)63(42)44-34-56-52-26-14-12-24-50(52)51-25-13-15-27-53(51)57-36-46(67(6,7)8)37-58(68(9,10)11)64(57)71-41-70(61(35-44)65(56)71)47-22-19-23-48(39-47)73-49-30-31-55-54-28-16-17-29-59(54)72(60(55)40-49)62-38-45(32-33-69-62)66(3,4)5;/h12-38H,1-11H3;/q-2;/i1D3,2D3,12D,13D,14D,15D,24D,25D,26D,27D;. The van der Waals surface area contributed by atoms with Crippen LogP contribution in [0.15, 0.2) is 164 Å². The van der Waals surface area contributed by atoms with Crippen LogP contribution in [0.5, 0.6) is 11.5 Å². The fourth-order valence-corrected chi connectivity index (χ4v) is 10.2. The van der Waals surface area contributed by atoms with Crippen LogP contribution >= 0.6 is 0 Å². The average Bonchev–Trinajstić information content (AvgIpc) is 1.54. The van der Waals surface area contributed by atoms with E-state index in [9.17, 15) is 11.0 Å². The summed E-state index contributed by atoms with van der Waals surface area (Å²) in [5, 5.41) is 1.92. The number of benzene rings is 8. The average molecular weight is 1160 g/mol. The molecule has 0 saturated carbocycles. The van der Waals surface area contributed by atoms with Gasteiger partial charge in [0.2, 0.25) is 0 Å². The summed E-state index contributed by atoms with van der Waals surface area (Å²) in [7, 11) is 0. The van der Waals surface area contributed by atoms with Crippen molar-refractivity contribution in [3.63, 3.8) is 0 Å². The zero-order valence-electron chi connectivity index (χ0n) is 56.5. The van der Waals surface area contributed by atoms with E-state index in [2.05, 4.69) is 62.0 Å². The van der Waals surface area contributed by atoms with Gasteiger partial charge >= 0.3 is 0 Å². The molecular formula is C68H60N4OPt-2. The largest absolute Gasteiger partial charge is 0.510 e. The Morgan fingerprint density at radius 2 is 1.23 bits per heavy atom. The summed E-state index contributed by atoms with van der Waals surface area (Å²) in [6, 6.07) is 34.6. The topological polar surface area (TPSA) is 35.9 Å². The quantitative estimate of drug-likeness (QED) is 0.127. The molecule has 0 N–H and O–H groups in total. The van der Waals surface area contributed by atoms with Gasteiger partial charge in [-0.05, 0) is 138 Å². The van der Waals surface area contributed by atoms with E-state index in [1.807, 2.05) is 90.2 Å². The van der Waals surface area contributed by atoms with Gasteiger partial charge in [-0.1, -0.05) is 171 Å². The molecule has 0 radical (unpaired) electrons. The minimum atomic E-state index is -2.88. The minimum Gasteiger partial charge on any atom is -0.510 e. The molecule has 0 fully saturated rings. The second-order valence-electron chi connectivity index (χ2n) is 21.9. The van der Waals surface area contributed by atoms with Crippen LogP contribution in [0.1, 0.15) is 109 Å². The molecule has 0 atom stereocenters. The molecule has 11 aromatic rings. The molecule has 1 aliphatic rings. The Kier molecular flexibility index (Phi) is 8.49. The van der Waals surface area contributed by atoms with Gasteiger partial charge in [0.05, 0.1) is 27.7 Å². The number of fused-ring (bicyclic) bond motifs is 10. The molecule has 6 heteroatoms. The minimum absolute atomic E-state index is 0. The van der Waals surface area contributed by atoms with Gasteiger partial charge in [-0.2, -0.15) is 18.2 Å². The van der Waals surface area contributed by atoms with Gasteiger partial charge in [0.1, 0.15) is 5.82 Å². The van der Waals surface area contributed by atoms with Crippen LogP contribution in [0.3, 0.4) is 0 Å². The molecule has 3 aromatic heterocycles. The van der Waals surface area contributed by atoms with Gasteiger partial charge < -0.3 is 13.9 Å². The van der Waals surface area contributed by atoms with Crippen molar-refractivity contribution in [3.05, 3.63) is 210 Å². The molecule has 0 unspecified atom stereocenters. The summed E-state index contributed by atoms with van der Waals surface area (Å²) in [4.78, 5) is 4.84. The maximum atomic E-state index is 9.96. The first-order chi connectivity index (χ1) is 40.7. The Bertz CT molecular complexity index is 4720. The third-order valence-corrected chi connectivity index (χ3v) is 13.9. The number of hydrogen-bond acceptors (Lipinski definition) is 2. The van der Waals surface area contributed by atoms with Crippen LogP contribution in [0, 0.1) is 32.2 Å². The fourth-order valence-electron chi connectivity index (χ4n) is 10.2. The Morgan fingerprint density at radius 1 is 0.581 bits per heavy atom. The molecule has 5 nitrogen and oxygen atoms in total. The fraction of sp³-hybridized carbons (Fsp3) is 0.206. The number of para-hydroxylation sites is 1. The molecule has 0 amide bonds. The van der Waals surface area contributed by atoms with E-state index in [1.54, 1.807) is 33.4 Å². The van der Waals surface area contributed by atoms with Gasteiger partial charge in [0.25, 0.3) is 6.33 Å². The van der Waals surface area contributed by atoms with Crippen molar-refractivity contribution < 1.29 is 49.6 Å². The van der Waals surface area contributed by atoms with Crippen LogP contribution < -0.4 is 9.30 Å². The van der Waals surface area contributed by atoms with Gasteiger partial charge in [-0.25, -0.2) is 4.98 Å². The molecule has 0 spiro atoms. The summed E-state index contributed by atoms with van der Waals surface area (Å²) >= 11 is 0. The first-order valence-electron chi connectivity index (χ1n) is 31.4. The Balaban J connectivity index is 0.00000800. The predicted molar refractivity (Wildman–Crippen MR) is 301 cm³/mol. The van der Waals surface area contributed by atoms with Crippen LogP contribution in [0.25, 0.3) is 94.5 Å². The van der Waals surface area contributed by atoms with Crippen molar-refractivity contribution in [1.29, 1.82) is 0 Å². The maximum absolute atomic E-state index is 9.96. The number of aryl methyl sites for hydroxylation is 2. The molecule has 8 aromatic carbocycles. The van der Waals surface area contributed by atoms with Gasteiger partial charge in [0, 0.05) is 52.5 Å². The Labute approximate surface area is 470 Å². The molecule has 4 heterocycles. The number of ether oxygens (including phenoxy) is 1. The zero-order valence-corrected chi connectivity index (χ0v) is 44.8. The van der Waals surface area contributed by atoms with Crippen molar-refractivity contribution in [2.75, 3.05) is 0 Å². The normalized spacial score (nSPS) is 15.5. The SMILES string of the molecule is [2H]c1c([2H])c([2H])c2c(c1[2H])-c1cc(C(C)(C)C)cc(C(C)(C)C)c1-[n+]1[c-]n(-c3[c-]c(Oc4[c-]c5c(cc4)c4ccccc4n5-c4cc(C(C)(C)C)ccn4)ccc3)c3cc(-c4c(C([2H])([2H])[2H])cccc4C([2H])([2H])[2H])cc(c31)-c1c([2H])c([2H])c([2H])c([2H])c1-2.[Pt]. The first-order valence-corrected chi connectivity index (χ1v) is 24.4. The summed E-state index contributed by atoms with van der Waals surface area (Å²) in [6.07, 6.45) is 5.42. The van der Waals surface area contributed by atoms with E-state index < -0.39 is 72.9 Å². The first kappa shape index (κ1) is 35.0. The van der Waals surface area contributed by atoms with E-state index in [4.69, 9.17) is 17.9 Å². The van der Waals surface area contributed by atoms with Crippen molar-refractivity contribution in [2.24, 2.45) is 0 Å². The van der Waals surface area contributed by atoms with E-state index in [1.165, 1.54) is 24.3 Å². The second kappa shape index (κ2) is 18.0. The monoisotopic (exact) mass is 1160 g/mol. The third-order valence-electron chi connectivity index (χ3n) is 13.9. The number of nitrogens with zero attached hydrogens (tertiary/aromatic N) is 4. The zero-order chi connectivity index (χ0) is 62.7. The smallest absolute Gasteiger partial charge is 0.268 e. The second-order valence-corrected chi connectivity index (χ2v) is 21.9. The van der Waals surface area contributed by atoms with E-state index >= 15 is 0 Å². The van der Waals surface area contributed by atoms with Gasteiger partial charge in [0.15, 0.2) is 0 Å². The number of hydrogen-bond donors (Lipinski definition) is 0. The Morgan fingerprint density at radius 3 is 1.91 bits per heavy atom. The van der Waals surface area contributed by atoms with Gasteiger partial charge in [-0.15, -0.1) is 29.7 Å². The molecule has 0 saturated heterocycles. The molecule has 370 valence electrons. The Hall–Kier alpha value is -7.33. The number of rotatable bonds is 5. The van der Waals surface area contributed by atoms with Crippen LogP contribution in [-0.4, -0.2) is 14.1 Å². The predicted octanol–water partition coefficient (Wildman–Crippen LogP) is 17.1. The van der Waals surface area contributed by atoms with Crippen molar-refractivity contribution >= 4 is 32.8 Å². The molecule has 74 heavy (non-hydrogen) atoms. The number of imidazole rings is 1. The molecular weight excluding hydrogens is 1080 g/mol. The van der Waals surface area contributed by atoms with Crippen LogP contribution in [-0.2, 0) is 37.3 Å². The molecule has 0 aliphatic carbocycles. The van der Waals surface area contributed by atoms with Crippen molar-refractivity contribution in [2.45, 2.75) is 92.3 Å². The van der Waals surface area contributed by atoms with Crippen molar-refractivity contribution in [1.82, 2.24) is 14.1 Å². The van der Waals surface area contributed by atoms with Crippen LogP contribution in [0.2, 0.25) is 0 Å². The van der Waals surface area contributed by atoms with E-state index in [0.29, 0.717) is 34.1 Å². The maximum Gasteiger partial charge on any atom is 0.268 e. The third kappa shape index (κ3) is 8.21. The molecule has 1 aliphatic heterocycles. The molecule has 12 rings (SSSR count).